The Kier molecular flexibility index (Phi) is 3.44. The van der Waals surface area contributed by atoms with Crippen molar-refractivity contribution < 1.29 is 14.2 Å². The Morgan fingerprint density at radius 1 is 1.50 bits per heavy atom. The van der Waals surface area contributed by atoms with Crippen molar-refractivity contribution in [3.63, 3.8) is 0 Å². The van der Waals surface area contributed by atoms with Crippen molar-refractivity contribution in [2.24, 2.45) is 5.92 Å². The van der Waals surface area contributed by atoms with Gasteiger partial charge in [-0.3, -0.25) is 0 Å². The van der Waals surface area contributed by atoms with E-state index in [0.717, 1.165) is 5.56 Å². The number of para-hydroxylation sites is 1. The molecule has 0 aromatic heterocycles. The first-order valence-electron chi connectivity index (χ1n) is 5.75. The number of ether oxygens (including phenoxy) is 1. The van der Waals surface area contributed by atoms with Gasteiger partial charge in [-0.2, -0.15) is 0 Å². The Morgan fingerprint density at radius 2 is 2.25 bits per heavy atom. The lowest BCUT2D eigenvalue weighted by atomic mass is 10.1. The number of hydrogen-bond donors (Lipinski definition) is 1. The van der Waals surface area contributed by atoms with Gasteiger partial charge in [-0.25, -0.2) is 4.39 Å². The summed E-state index contributed by atoms with van der Waals surface area (Å²) < 4.78 is 19.1. The van der Waals surface area contributed by atoms with E-state index in [1.54, 1.807) is 19.1 Å². The summed E-state index contributed by atoms with van der Waals surface area (Å²) in [5.74, 6) is 0.577. The van der Waals surface area contributed by atoms with E-state index in [-0.39, 0.29) is 5.82 Å². The SMILES string of the molecule is CC(O)Cc1cccc(F)c1OCC1CC1. The highest BCUT2D eigenvalue weighted by atomic mass is 19.1. The average molecular weight is 224 g/mol. The molecule has 0 saturated heterocycles. The van der Waals surface area contributed by atoms with Gasteiger partial charge in [0.1, 0.15) is 0 Å². The van der Waals surface area contributed by atoms with Gasteiger partial charge in [-0.15, -0.1) is 0 Å². The summed E-state index contributed by atoms with van der Waals surface area (Å²) in [6.07, 6.45) is 2.31. The zero-order chi connectivity index (χ0) is 11.5. The minimum atomic E-state index is -0.481. The summed E-state index contributed by atoms with van der Waals surface area (Å²) in [7, 11) is 0. The van der Waals surface area contributed by atoms with Crippen molar-refractivity contribution in [1.29, 1.82) is 0 Å². The summed E-state index contributed by atoms with van der Waals surface area (Å²) in [5.41, 5.74) is 0.746. The molecule has 2 nitrogen and oxygen atoms in total. The fraction of sp³-hybridized carbons (Fsp3) is 0.538. The van der Waals surface area contributed by atoms with Crippen LogP contribution >= 0.6 is 0 Å². The number of rotatable bonds is 5. The molecule has 2 rings (SSSR count). The van der Waals surface area contributed by atoms with Crippen LogP contribution in [0.25, 0.3) is 0 Å². The minimum absolute atomic E-state index is 0.315. The van der Waals surface area contributed by atoms with Crippen LogP contribution in [0.4, 0.5) is 4.39 Å². The monoisotopic (exact) mass is 224 g/mol. The van der Waals surface area contributed by atoms with E-state index in [9.17, 15) is 9.50 Å². The van der Waals surface area contributed by atoms with Crippen LogP contribution in [-0.2, 0) is 6.42 Å². The predicted octanol–water partition coefficient (Wildman–Crippen LogP) is 2.54. The van der Waals surface area contributed by atoms with E-state index in [2.05, 4.69) is 0 Å². The zero-order valence-electron chi connectivity index (χ0n) is 9.45. The Bertz CT molecular complexity index is 359. The molecule has 3 heteroatoms. The largest absolute Gasteiger partial charge is 0.490 e. The van der Waals surface area contributed by atoms with E-state index in [4.69, 9.17) is 4.74 Å². The number of hydrogen-bond acceptors (Lipinski definition) is 2. The summed E-state index contributed by atoms with van der Waals surface area (Å²) in [5, 5.41) is 9.33. The molecule has 1 atom stereocenters. The molecule has 0 heterocycles. The van der Waals surface area contributed by atoms with E-state index >= 15 is 0 Å². The molecule has 1 N–H and O–H groups in total. The summed E-state index contributed by atoms with van der Waals surface area (Å²) in [6, 6.07) is 4.85. The van der Waals surface area contributed by atoms with Crippen LogP contribution in [0.1, 0.15) is 25.3 Å². The van der Waals surface area contributed by atoms with E-state index in [1.807, 2.05) is 0 Å². The Morgan fingerprint density at radius 3 is 2.88 bits per heavy atom. The lowest BCUT2D eigenvalue weighted by Gasteiger charge is -2.13. The van der Waals surface area contributed by atoms with Gasteiger partial charge in [0.2, 0.25) is 0 Å². The molecule has 1 aliphatic carbocycles. The Labute approximate surface area is 95.1 Å². The first kappa shape index (κ1) is 11.4. The summed E-state index contributed by atoms with van der Waals surface area (Å²) >= 11 is 0. The molecule has 0 spiro atoms. The van der Waals surface area contributed by atoms with Gasteiger partial charge >= 0.3 is 0 Å². The summed E-state index contributed by atoms with van der Waals surface area (Å²) in [6.45, 7) is 2.28. The van der Waals surface area contributed by atoms with Gasteiger partial charge in [0.25, 0.3) is 0 Å². The Balaban J connectivity index is 2.10. The number of aliphatic hydroxyl groups excluding tert-OH is 1. The van der Waals surface area contributed by atoms with Crippen molar-refractivity contribution in [2.45, 2.75) is 32.3 Å². The van der Waals surface area contributed by atoms with Crippen LogP contribution in [0.3, 0.4) is 0 Å². The molecule has 16 heavy (non-hydrogen) atoms. The second-order valence-electron chi connectivity index (χ2n) is 4.54. The molecule has 1 aromatic rings. The third-order valence-electron chi connectivity index (χ3n) is 2.72. The smallest absolute Gasteiger partial charge is 0.165 e. The predicted molar refractivity (Wildman–Crippen MR) is 60.0 cm³/mol. The molecule has 0 radical (unpaired) electrons. The molecule has 0 bridgehead atoms. The maximum Gasteiger partial charge on any atom is 0.165 e. The van der Waals surface area contributed by atoms with E-state index < -0.39 is 6.10 Å². The van der Waals surface area contributed by atoms with Crippen LogP contribution < -0.4 is 4.74 Å². The number of benzene rings is 1. The maximum absolute atomic E-state index is 13.6. The van der Waals surface area contributed by atoms with Crippen LogP contribution in [0.2, 0.25) is 0 Å². The van der Waals surface area contributed by atoms with Crippen molar-refractivity contribution in [3.05, 3.63) is 29.6 Å². The Hall–Kier alpha value is -1.09. The summed E-state index contributed by atoms with van der Waals surface area (Å²) in [4.78, 5) is 0. The molecule has 1 saturated carbocycles. The van der Waals surface area contributed by atoms with Gasteiger partial charge < -0.3 is 9.84 Å². The lowest BCUT2D eigenvalue weighted by Crippen LogP contribution is -2.09. The first-order valence-corrected chi connectivity index (χ1v) is 5.75. The van der Waals surface area contributed by atoms with Gasteiger partial charge in [0.15, 0.2) is 11.6 Å². The van der Waals surface area contributed by atoms with E-state index in [1.165, 1.54) is 18.9 Å². The van der Waals surface area contributed by atoms with Crippen molar-refractivity contribution in [2.75, 3.05) is 6.61 Å². The van der Waals surface area contributed by atoms with Crippen molar-refractivity contribution in [3.8, 4) is 5.75 Å². The molecule has 1 aromatic carbocycles. The van der Waals surface area contributed by atoms with Crippen LogP contribution in [0, 0.1) is 11.7 Å². The standard InChI is InChI=1S/C13H17FO2/c1-9(15)7-11-3-2-4-12(14)13(11)16-8-10-5-6-10/h2-4,9-10,15H,5-8H2,1H3. The molecule has 0 aliphatic heterocycles. The normalized spacial score (nSPS) is 17.2. The zero-order valence-corrected chi connectivity index (χ0v) is 9.45. The van der Waals surface area contributed by atoms with Gasteiger partial charge in [0.05, 0.1) is 12.7 Å². The minimum Gasteiger partial charge on any atom is -0.490 e. The third kappa shape index (κ3) is 2.95. The highest BCUT2D eigenvalue weighted by Crippen LogP contribution is 2.31. The molecular weight excluding hydrogens is 207 g/mol. The first-order chi connectivity index (χ1) is 7.66. The molecule has 1 fully saturated rings. The average Bonchev–Trinajstić information content (AvgIpc) is 2.99. The van der Waals surface area contributed by atoms with Gasteiger partial charge in [0, 0.05) is 6.42 Å². The van der Waals surface area contributed by atoms with Crippen LogP contribution in [-0.4, -0.2) is 17.8 Å². The highest BCUT2D eigenvalue weighted by molar-refractivity contribution is 5.35. The van der Waals surface area contributed by atoms with Crippen molar-refractivity contribution >= 4 is 0 Å². The second kappa shape index (κ2) is 4.83. The maximum atomic E-state index is 13.6. The third-order valence-corrected chi connectivity index (χ3v) is 2.72. The number of halogens is 1. The topological polar surface area (TPSA) is 29.5 Å². The molecular formula is C13H17FO2. The molecule has 1 unspecified atom stereocenters. The second-order valence-corrected chi connectivity index (χ2v) is 4.54. The lowest BCUT2D eigenvalue weighted by molar-refractivity contribution is 0.192. The fourth-order valence-electron chi connectivity index (χ4n) is 1.68. The van der Waals surface area contributed by atoms with Gasteiger partial charge in [-0.1, -0.05) is 12.1 Å². The fourth-order valence-corrected chi connectivity index (χ4v) is 1.68. The molecule has 0 amide bonds. The quantitative estimate of drug-likeness (QED) is 0.832. The van der Waals surface area contributed by atoms with Crippen LogP contribution in [0.15, 0.2) is 18.2 Å². The molecule has 1 aliphatic rings. The van der Waals surface area contributed by atoms with E-state index in [0.29, 0.717) is 24.7 Å². The van der Waals surface area contributed by atoms with Crippen LogP contribution in [0.5, 0.6) is 5.75 Å². The number of aliphatic hydroxyl groups is 1. The van der Waals surface area contributed by atoms with Gasteiger partial charge in [-0.05, 0) is 37.3 Å². The highest BCUT2D eigenvalue weighted by Gasteiger charge is 2.23. The molecule has 88 valence electrons. The van der Waals surface area contributed by atoms with Crippen molar-refractivity contribution in [1.82, 2.24) is 0 Å².